The molecule has 0 aromatic carbocycles. The van der Waals surface area contributed by atoms with Crippen molar-refractivity contribution in [3.05, 3.63) is 12.2 Å². The maximum absolute atomic E-state index is 9.95. The second kappa shape index (κ2) is 4.37. The van der Waals surface area contributed by atoms with Crippen LogP contribution < -0.4 is 0 Å². The molecule has 2 aliphatic rings. The molecule has 6 heteroatoms. The quantitative estimate of drug-likeness (QED) is 0.643. The van der Waals surface area contributed by atoms with Crippen molar-refractivity contribution in [2.75, 3.05) is 0 Å². The van der Waals surface area contributed by atoms with E-state index in [-0.39, 0.29) is 0 Å². The van der Waals surface area contributed by atoms with Gasteiger partial charge in [-0.1, -0.05) is 0 Å². The van der Waals surface area contributed by atoms with E-state index in [2.05, 4.69) is 0 Å². The number of nitrogens with zero attached hydrogens (tertiary/aromatic N) is 1. The van der Waals surface area contributed by atoms with Crippen LogP contribution in [0, 0.1) is 11.3 Å². The highest BCUT2D eigenvalue weighted by atomic mass is 16.8. The van der Waals surface area contributed by atoms with Gasteiger partial charge in [-0.15, -0.1) is 0 Å². The zero-order valence-corrected chi connectivity index (χ0v) is 9.61. The molecule has 17 heavy (non-hydrogen) atoms. The SMILES string of the molecule is CC1(C)O[C@H]2O[C@H](C(O)/C=C/C#N)[C@H](O)[C@H]2O1. The minimum Gasteiger partial charge on any atom is -0.387 e. The summed E-state index contributed by atoms with van der Waals surface area (Å²) in [4.78, 5) is 0. The van der Waals surface area contributed by atoms with Gasteiger partial charge in [0.15, 0.2) is 12.1 Å². The Labute approximate surface area is 99.0 Å². The number of nitriles is 1. The van der Waals surface area contributed by atoms with E-state index < -0.39 is 36.5 Å². The Balaban J connectivity index is 2.03. The molecule has 0 saturated carbocycles. The minimum absolute atomic E-state index is 0.611. The first-order valence-corrected chi connectivity index (χ1v) is 5.38. The first kappa shape index (κ1) is 12.5. The van der Waals surface area contributed by atoms with Crippen molar-refractivity contribution >= 4 is 0 Å². The van der Waals surface area contributed by atoms with Crippen LogP contribution in [0.5, 0.6) is 0 Å². The van der Waals surface area contributed by atoms with Crippen LogP contribution in [0.25, 0.3) is 0 Å². The molecule has 0 amide bonds. The van der Waals surface area contributed by atoms with Crippen molar-refractivity contribution in [1.82, 2.24) is 0 Å². The monoisotopic (exact) mass is 241 g/mol. The Morgan fingerprint density at radius 3 is 2.71 bits per heavy atom. The fraction of sp³-hybridized carbons (Fsp3) is 0.727. The lowest BCUT2D eigenvalue weighted by molar-refractivity contribution is -0.222. The molecule has 0 aliphatic carbocycles. The van der Waals surface area contributed by atoms with E-state index in [9.17, 15) is 10.2 Å². The van der Waals surface area contributed by atoms with Gasteiger partial charge in [0.2, 0.25) is 0 Å². The molecule has 2 rings (SSSR count). The Bertz CT molecular complexity index is 361. The van der Waals surface area contributed by atoms with Crippen molar-refractivity contribution in [3.8, 4) is 6.07 Å². The van der Waals surface area contributed by atoms with E-state index in [1.165, 1.54) is 6.08 Å². The zero-order chi connectivity index (χ0) is 12.6. The van der Waals surface area contributed by atoms with Gasteiger partial charge in [0.1, 0.15) is 24.4 Å². The fourth-order valence-corrected chi connectivity index (χ4v) is 2.05. The van der Waals surface area contributed by atoms with Gasteiger partial charge in [0.05, 0.1) is 6.07 Å². The summed E-state index contributed by atoms with van der Waals surface area (Å²) in [7, 11) is 0. The van der Waals surface area contributed by atoms with E-state index in [0.29, 0.717) is 0 Å². The number of hydrogen-bond acceptors (Lipinski definition) is 6. The Morgan fingerprint density at radius 2 is 2.12 bits per heavy atom. The van der Waals surface area contributed by atoms with Crippen molar-refractivity contribution in [2.24, 2.45) is 0 Å². The van der Waals surface area contributed by atoms with Gasteiger partial charge in [0.25, 0.3) is 0 Å². The number of aliphatic hydroxyl groups is 2. The number of fused-ring (bicyclic) bond motifs is 1. The lowest BCUT2D eigenvalue weighted by atomic mass is 10.1. The maximum atomic E-state index is 9.95. The summed E-state index contributed by atoms with van der Waals surface area (Å²) in [5.74, 6) is -0.797. The molecule has 1 unspecified atom stereocenters. The minimum atomic E-state index is -1.06. The van der Waals surface area contributed by atoms with E-state index in [1.54, 1.807) is 19.9 Å². The predicted octanol–water partition coefficient (Wildman–Crippen LogP) is -0.336. The van der Waals surface area contributed by atoms with E-state index in [1.807, 2.05) is 0 Å². The molecule has 2 aliphatic heterocycles. The van der Waals surface area contributed by atoms with Crippen LogP contribution in [0.15, 0.2) is 12.2 Å². The van der Waals surface area contributed by atoms with E-state index in [4.69, 9.17) is 19.5 Å². The molecule has 94 valence electrons. The van der Waals surface area contributed by atoms with Gasteiger partial charge < -0.3 is 24.4 Å². The second-order valence-electron chi connectivity index (χ2n) is 4.54. The van der Waals surface area contributed by atoms with Crippen LogP contribution in [0.2, 0.25) is 0 Å². The summed E-state index contributed by atoms with van der Waals surface area (Å²) in [5, 5.41) is 28.0. The highest BCUT2D eigenvalue weighted by molar-refractivity contribution is 5.09. The molecule has 5 atom stereocenters. The lowest BCUT2D eigenvalue weighted by Crippen LogP contribution is -2.40. The predicted molar refractivity (Wildman–Crippen MR) is 55.5 cm³/mol. The largest absolute Gasteiger partial charge is 0.387 e. The lowest BCUT2D eigenvalue weighted by Gasteiger charge is -2.24. The number of aliphatic hydroxyl groups excluding tert-OH is 2. The van der Waals surface area contributed by atoms with Crippen LogP contribution in [0.4, 0.5) is 0 Å². The molecule has 0 aromatic heterocycles. The third-order valence-electron chi connectivity index (χ3n) is 2.76. The van der Waals surface area contributed by atoms with Crippen LogP contribution in [-0.4, -0.2) is 46.7 Å². The molecule has 2 fully saturated rings. The smallest absolute Gasteiger partial charge is 0.190 e. The average molecular weight is 241 g/mol. The highest BCUT2D eigenvalue weighted by Crippen LogP contribution is 2.38. The summed E-state index contributed by atoms with van der Waals surface area (Å²) < 4.78 is 16.3. The summed E-state index contributed by atoms with van der Waals surface area (Å²) in [6.45, 7) is 3.45. The summed E-state index contributed by atoms with van der Waals surface area (Å²) in [5.41, 5.74) is 0. The van der Waals surface area contributed by atoms with Gasteiger partial charge in [-0.2, -0.15) is 5.26 Å². The highest BCUT2D eigenvalue weighted by Gasteiger charge is 2.55. The van der Waals surface area contributed by atoms with Gasteiger partial charge in [-0.05, 0) is 19.9 Å². The zero-order valence-electron chi connectivity index (χ0n) is 9.61. The standard InChI is InChI=1S/C11H15NO5/c1-11(2)16-9-7(14)8(15-10(9)17-11)6(13)4-3-5-12/h3-4,6-10,13-14H,1-2H3/b4-3+/t6?,7-,8+,9+,10+/m0/s1. The van der Waals surface area contributed by atoms with Crippen LogP contribution in [-0.2, 0) is 14.2 Å². The van der Waals surface area contributed by atoms with Crippen LogP contribution in [0.1, 0.15) is 13.8 Å². The third-order valence-corrected chi connectivity index (χ3v) is 2.76. The fourth-order valence-electron chi connectivity index (χ4n) is 2.05. The molecular formula is C11H15NO5. The molecule has 2 saturated heterocycles. The van der Waals surface area contributed by atoms with Crippen LogP contribution >= 0.6 is 0 Å². The van der Waals surface area contributed by atoms with Crippen molar-refractivity contribution in [3.63, 3.8) is 0 Å². The first-order chi connectivity index (χ1) is 7.94. The van der Waals surface area contributed by atoms with Gasteiger partial charge >= 0.3 is 0 Å². The van der Waals surface area contributed by atoms with Gasteiger partial charge in [-0.3, -0.25) is 0 Å². The maximum Gasteiger partial charge on any atom is 0.190 e. The molecule has 2 N–H and O–H groups in total. The number of rotatable bonds is 2. The molecule has 6 nitrogen and oxygen atoms in total. The molecule has 0 bridgehead atoms. The summed E-state index contributed by atoms with van der Waals surface area (Å²) in [6.07, 6.45) is -1.78. The topological polar surface area (TPSA) is 91.9 Å². The summed E-state index contributed by atoms with van der Waals surface area (Å²) in [6, 6.07) is 1.76. The molecule has 0 spiro atoms. The van der Waals surface area contributed by atoms with Crippen molar-refractivity contribution in [1.29, 1.82) is 5.26 Å². The Hall–Kier alpha value is -0.970. The first-order valence-electron chi connectivity index (χ1n) is 5.38. The summed E-state index contributed by atoms with van der Waals surface area (Å²) >= 11 is 0. The number of ether oxygens (including phenoxy) is 3. The third kappa shape index (κ3) is 2.34. The van der Waals surface area contributed by atoms with Crippen molar-refractivity contribution < 1.29 is 24.4 Å². The normalized spacial score (nSPS) is 41.4. The van der Waals surface area contributed by atoms with Crippen molar-refractivity contribution in [2.45, 2.75) is 50.3 Å². The Kier molecular flexibility index (Phi) is 3.21. The molecule has 0 radical (unpaired) electrons. The van der Waals surface area contributed by atoms with E-state index >= 15 is 0 Å². The number of allylic oxidation sites excluding steroid dienone is 1. The molecule has 2 heterocycles. The second-order valence-corrected chi connectivity index (χ2v) is 4.54. The number of hydrogen-bond donors (Lipinski definition) is 2. The van der Waals surface area contributed by atoms with Gasteiger partial charge in [0, 0.05) is 6.08 Å². The van der Waals surface area contributed by atoms with E-state index in [0.717, 1.165) is 6.08 Å². The average Bonchev–Trinajstić information content (AvgIpc) is 2.70. The molecule has 0 aromatic rings. The Morgan fingerprint density at radius 1 is 1.41 bits per heavy atom. The van der Waals surface area contributed by atoms with Crippen LogP contribution in [0.3, 0.4) is 0 Å². The molecular weight excluding hydrogens is 226 g/mol. The van der Waals surface area contributed by atoms with Gasteiger partial charge in [-0.25, -0.2) is 0 Å².